The van der Waals surface area contributed by atoms with Gasteiger partial charge in [0.25, 0.3) is 0 Å². The number of urea groups is 1. The molecule has 1 fully saturated rings. The van der Waals surface area contributed by atoms with Crippen LogP contribution in [0.5, 0.6) is 0 Å². The average molecular weight is 369 g/mol. The summed E-state index contributed by atoms with van der Waals surface area (Å²) in [6, 6.07) is 9.82. The molecule has 27 heavy (non-hydrogen) atoms. The molecule has 3 rings (SSSR count). The summed E-state index contributed by atoms with van der Waals surface area (Å²) in [5.41, 5.74) is 6.39. The molecule has 8 heteroatoms. The summed E-state index contributed by atoms with van der Waals surface area (Å²) in [5, 5.41) is 23.9. The number of benzene rings is 1. The van der Waals surface area contributed by atoms with Crippen LogP contribution in [-0.2, 0) is 4.74 Å². The zero-order chi connectivity index (χ0) is 19.4. The largest absolute Gasteiger partial charge is 0.481 e. The molecule has 142 valence electrons. The minimum absolute atomic E-state index is 0.104. The van der Waals surface area contributed by atoms with Crippen molar-refractivity contribution in [2.75, 3.05) is 18.2 Å². The topological polar surface area (TPSA) is 133 Å². The summed E-state index contributed by atoms with van der Waals surface area (Å²) >= 11 is 0. The number of nitrogens with one attached hydrogen (secondary N) is 3. The molecule has 1 saturated carbocycles. The van der Waals surface area contributed by atoms with E-state index in [2.05, 4.69) is 15.6 Å². The van der Waals surface area contributed by atoms with E-state index in [9.17, 15) is 9.90 Å². The van der Waals surface area contributed by atoms with Crippen LogP contribution in [-0.4, -0.2) is 34.7 Å². The van der Waals surface area contributed by atoms with Gasteiger partial charge in [-0.15, -0.1) is 0 Å². The lowest BCUT2D eigenvalue weighted by molar-refractivity contribution is -0.0627. The number of aliphatic hydroxyl groups is 1. The summed E-state index contributed by atoms with van der Waals surface area (Å²) in [5.74, 6) is 0.136. The van der Waals surface area contributed by atoms with Gasteiger partial charge in [-0.05, 0) is 24.8 Å². The number of carbonyl (C=O) groups is 1. The number of methoxy groups -OCH3 is 1. The zero-order valence-corrected chi connectivity index (χ0v) is 15.0. The Morgan fingerprint density at radius 2 is 2.07 bits per heavy atom. The van der Waals surface area contributed by atoms with E-state index in [-0.39, 0.29) is 17.4 Å². The number of carbonyl (C=O) groups excluding carboxylic acids is 1. The summed E-state index contributed by atoms with van der Waals surface area (Å²) in [4.78, 5) is 16.6. The number of aromatic nitrogens is 1. The first-order chi connectivity index (χ1) is 12.9. The fourth-order valence-electron chi connectivity index (χ4n) is 3.12. The second kappa shape index (κ2) is 7.63. The minimum atomic E-state index is -0.956. The Balaban J connectivity index is 1.73. The predicted molar refractivity (Wildman–Crippen MR) is 103 cm³/mol. The maximum Gasteiger partial charge on any atom is 0.320 e. The van der Waals surface area contributed by atoms with Gasteiger partial charge in [0, 0.05) is 18.0 Å². The Hall–Kier alpha value is -3.13. The number of hydrogen-bond donors (Lipinski definition) is 5. The molecular weight excluding hydrogens is 346 g/mol. The third kappa shape index (κ3) is 4.01. The van der Waals surface area contributed by atoms with Crippen LogP contribution in [0.15, 0.2) is 42.6 Å². The highest BCUT2D eigenvalue weighted by Crippen LogP contribution is 2.42. The molecular formula is C19H23N5O3. The van der Waals surface area contributed by atoms with Crippen molar-refractivity contribution in [3.05, 3.63) is 53.7 Å². The maximum absolute atomic E-state index is 12.5. The SMILES string of the molecule is COC(=N)c1cnc(NC(=O)N[C@@H](c2ccccc2)C2(O)CCC2)cc1N. The first-order valence-electron chi connectivity index (χ1n) is 8.66. The Kier molecular flexibility index (Phi) is 5.27. The third-order valence-electron chi connectivity index (χ3n) is 4.79. The first kappa shape index (κ1) is 18.7. The Labute approximate surface area is 157 Å². The van der Waals surface area contributed by atoms with E-state index in [0.717, 1.165) is 12.0 Å². The molecule has 0 radical (unpaired) electrons. The number of nitrogens with zero attached hydrogens (tertiary/aromatic N) is 1. The van der Waals surface area contributed by atoms with Crippen molar-refractivity contribution >= 4 is 23.4 Å². The number of hydrogen-bond acceptors (Lipinski definition) is 6. The van der Waals surface area contributed by atoms with Crippen LogP contribution in [0.25, 0.3) is 0 Å². The van der Waals surface area contributed by atoms with Gasteiger partial charge in [-0.3, -0.25) is 10.7 Å². The van der Waals surface area contributed by atoms with E-state index < -0.39 is 17.7 Å². The van der Waals surface area contributed by atoms with Gasteiger partial charge in [-0.1, -0.05) is 30.3 Å². The molecule has 1 atom stereocenters. The zero-order valence-electron chi connectivity index (χ0n) is 15.0. The summed E-state index contributed by atoms with van der Waals surface area (Å²) in [6.45, 7) is 0. The lowest BCUT2D eigenvalue weighted by atomic mass is 9.72. The average Bonchev–Trinajstić information content (AvgIpc) is 2.64. The number of nitrogens with two attached hydrogens (primary N) is 1. The second-order valence-electron chi connectivity index (χ2n) is 6.59. The highest BCUT2D eigenvalue weighted by molar-refractivity contribution is 5.97. The van der Waals surface area contributed by atoms with Crippen LogP contribution in [0.1, 0.15) is 36.4 Å². The molecule has 0 saturated heterocycles. The van der Waals surface area contributed by atoms with Crippen molar-refractivity contribution in [3.8, 4) is 0 Å². The van der Waals surface area contributed by atoms with E-state index in [4.69, 9.17) is 15.9 Å². The molecule has 1 aliphatic carbocycles. The van der Waals surface area contributed by atoms with Gasteiger partial charge >= 0.3 is 6.03 Å². The van der Waals surface area contributed by atoms with Crippen molar-refractivity contribution in [3.63, 3.8) is 0 Å². The standard InChI is InChI=1S/C19H23N5O3/c1-27-17(21)13-11-22-15(10-14(13)20)23-18(25)24-16(19(26)8-5-9-19)12-6-3-2-4-7-12/h2-4,6-7,10-11,16,21,26H,5,8-9H2,1H3,(H4,20,22,23,24,25)/t16-/m0/s1. The van der Waals surface area contributed by atoms with E-state index in [1.165, 1.54) is 19.4 Å². The first-order valence-corrected chi connectivity index (χ1v) is 8.66. The normalized spacial score (nSPS) is 15.9. The van der Waals surface area contributed by atoms with Crippen molar-refractivity contribution < 1.29 is 14.6 Å². The Bertz CT molecular complexity index is 836. The molecule has 8 nitrogen and oxygen atoms in total. The fourth-order valence-corrected chi connectivity index (χ4v) is 3.12. The minimum Gasteiger partial charge on any atom is -0.481 e. The molecule has 1 aliphatic rings. The van der Waals surface area contributed by atoms with Crippen LogP contribution in [0.4, 0.5) is 16.3 Å². The van der Waals surface area contributed by atoms with Crippen molar-refractivity contribution in [1.29, 1.82) is 5.41 Å². The summed E-state index contributed by atoms with van der Waals surface area (Å²) < 4.78 is 4.83. The maximum atomic E-state index is 12.5. The van der Waals surface area contributed by atoms with Crippen LogP contribution >= 0.6 is 0 Å². The van der Waals surface area contributed by atoms with Crippen LogP contribution in [0, 0.1) is 5.41 Å². The predicted octanol–water partition coefficient (Wildman–Crippen LogP) is 2.41. The highest BCUT2D eigenvalue weighted by atomic mass is 16.5. The van der Waals surface area contributed by atoms with Gasteiger partial charge in [-0.2, -0.15) is 0 Å². The molecule has 1 heterocycles. The number of amides is 2. The molecule has 0 bridgehead atoms. The van der Waals surface area contributed by atoms with Crippen molar-refractivity contribution in [2.45, 2.75) is 30.9 Å². The van der Waals surface area contributed by atoms with Crippen LogP contribution < -0.4 is 16.4 Å². The Morgan fingerprint density at radius 1 is 1.37 bits per heavy atom. The van der Waals surface area contributed by atoms with Crippen molar-refractivity contribution in [2.24, 2.45) is 0 Å². The van der Waals surface area contributed by atoms with Gasteiger partial charge in [0.15, 0.2) is 0 Å². The lowest BCUT2D eigenvalue weighted by Crippen LogP contribution is -2.51. The number of nitrogen functional groups attached to an aromatic ring is 1. The molecule has 2 amide bonds. The number of rotatable bonds is 5. The quantitative estimate of drug-likeness (QED) is 0.408. The molecule has 6 N–H and O–H groups in total. The van der Waals surface area contributed by atoms with E-state index >= 15 is 0 Å². The smallest absolute Gasteiger partial charge is 0.320 e. The third-order valence-corrected chi connectivity index (χ3v) is 4.79. The van der Waals surface area contributed by atoms with Gasteiger partial charge in [0.05, 0.1) is 24.3 Å². The molecule has 1 aromatic heterocycles. The van der Waals surface area contributed by atoms with Gasteiger partial charge in [-0.25, -0.2) is 9.78 Å². The van der Waals surface area contributed by atoms with E-state index in [1.54, 1.807) is 0 Å². The monoisotopic (exact) mass is 369 g/mol. The summed E-state index contributed by atoms with van der Waals surface area (Å²) in [7, 11) is 1.37. The van der Waals surface area contributed by atoms with Crippen LogP contribution in [0.2, 0.25) is 0 Å². The summed E-state index contributed by atoms with van der Waals surface area (Å²) in [6.07, 6.45) is 3.55. The lowest BCUT2D eigenvalue weighted by Gasteiger charge is -2.43. The van der Waals surface area contributed by atoms with E-state index in [1.807, 2.05) is 30.3 Å². The molecule has 2 aromatic rings. The molecule has 1 aromatic carbocycles. The molecule has 0 aliphatic heterocycles. The highest BCUT2D eigenvalue weighted by Gasteiger charge is 2.43. The number of pyridine rings is 1. The molecule has 0 unspecified atom stereocenters. The van der Waals surface area contributed by atoms with Crippen LogP contribution in [0.3, 0.4) is 0 Å². The van der Waals surface area contributed by atoms with E-state index in [0.29, 0.717) is 18.4 Å². The van der Waals surface area contributed by atoms with Gasteiger partial charge < -0.3 is 20.9 Å². The molecule has 0 spiro atoms. The Morgan fingerprint density at radius 3 is 2.63 bits per heavy atom. The van der Waals surface area contributed by atoms with Crippen molar-refractivity contribution in [1.82, 2.24) is 10.3 Å². The van der Waals surface area contributed by atoms with Gasteiger partial charge in [0.2, 0.25) is 5.90 Å². The fraction of sp³-hybridized carbons (Fsp3) is 0.316. The number of anilines is 2. The van der Waals surface area contributed by atoms with Gasteiger partial charge in [0.1, 0.15) is 5.82 Å². The second-order valence-corrected chi connectivity index (χ2v) is 6.59. The number of ether oxygens (including phenoxy) is 1.